The maximum atomic E-state index is 12.4. The van der Waals surface area contributed by atoms with Crippen LogP contribution in [0.1, 0.15) is 35.9 Å². The van der Waals surface area contributed by atoms with E-state index in [9.17, 15) is 9.59 Å². The van der Waals surface area contributed by atoms with Crippen LogP contribution >= 0.6 is 0 Å². The molecule has 1 aliphatic rings. The molecular formula is C21H27N3O3. The van der Waals surface area contributed by atoms with E-state index in [0.29, 0.717) is 18.5 Å². The molecule has 1 heterocycles. The lowest BCUT2D eigenvalue weighted by molar-refractivity contribution is -0.122. The van der Waals surface area contributed by atoms with Gasteiger partial charge < -0.3 is 15.1 Å². The number of amides is 2. The molecule has 1 saturated carbocycles. The van der Waals surface area contributed by atoms with Crippen molar-refractivity contribution in [2.24, 2.45) is 5.92 Å². The van der Waals surface area contributed by atoms with Crippen LogP contribution in [0, 0.1) is 5.92 Å². The van der Waals surface area contributed by atoms with Crippen LogP contribution in [0.3, 0.4) is 0 Å². The molecule has 0 aliphatic heterocycles. The molecule has 0 bridgehead atoms. The van der Waals surface area contributed by atoms with Crippen LogP contribution in [-0.2, 0) is 11.3 Å². The second-order valence-electron chi connectivity index (χ2n) is 7.22. The van der Waals surface area contributed by atoms with Crippen molar-refractivity contribution in [2.75, 3.05) is 13.6 Å². The van der Waals surface area contributed by atoms with Crippen molar-refractivity contribution in [3.05, 3.63) is 60.1 Å². The van der Waals surface area contributed by atoms with Gasteiger partial charge in [-0.15, -0.1) is 0 Å². The summed E-state index contributed by atoms with van der Waals surface area (Å²) in [4.78, 5) is 26.7. The van der Waals surface area contributed by atoms with E-state index in [0.717, 1.165) is 6.54 Å². The van der Waals surface area contributed by atoms with E-state index >= 15 is 0 Å². The molecule has 3 rings (SSSR count). The molecule has 1 fully saturated rings. The summed E-state index contributed by atoms with van der Waals surface area (Å²) in [5.41, 5.74) is 1.26. The minimum absolute atomic E-state index is 0.186. The summed E-state index contributed by atoms with van der Waals surface area (Å²) in [5, 5.41) is 5.66. The molecular weight excluding hydrogens is 342 g/mol. The zero-order valence-electron chi connectivity index (χ0n) is 15.9. The monoisotopic (exact) mass is 369 g/mol. The van der Waals surface area contributed by atoms with Crippen LogP contribution in [0.5, 0.6) is 0 Å². The Kier molecular flexibility index (Phi) is 6.29. The van der Waals surface area contributed by atoms with Crippen LogP contribution in [0.25, 0.3) is 0 Å². The molecule has 0 unspecified atom stereocenters. The molecule has 1 aromatic carbocycles. The second-order valence-corrected chi connectivity index (χ2v) is 7.22. The number of nitrogens with one attached hydrogen (secondary N) is 2. The van der Waals surface area contributed by atoms with E-state index in [-0.39, 0.29) is 17.6 Å². The van der Waals surface area contributed by atoms with Gasteiger partial charge in [-0.2, -0.15) is 0 Å². The Labute approximate surface area is 159 Å². The lowest BCUT2D eigenvalue weighted by atomic mass is 10.1. The number of hydrogen-bond donors (Lipinski definition) is 2. The van der Waals surface area contributed by atoms with E-state index in [1.807, 2.05) is 18.2 Å². The average Bonchev–Trinajstić information content (AvgIpc) is 3.34. The maximum Gasteiger partial charge on any atom is 0.287 e. The topological polar surface area (TPSA) is 74.6 Å². The molecule has 144 valence electrons. The van der Waals surface area contributed by atoms with Crippen LogP contribution in [0.15, 0.2) is 53.1 Å². The summed E-state index contributed by atoms with van der Waals surface area (Å²) >= 11 is 0. The lowest BCUT2D eigenvalue weighted by Gasteiger charge is -2.29. The molecule has 0 saturated heterocycles. The normalized spacial score (nSPS) is 16.0. The number of hydrogen-bond acceptors (Lipinski definition) is 4. The third-order valence-electron chi connectivity index (χ3n) is 4.98. The van der Waals surface area contributed by atoms with Gasteiger partial charge in [0.15, 0.2) is 5.76 Å². The molecule has 6 nitrogen and oxygen atoms in total. The van der Waals surface area contributed by atoms with Crippen molar-refractivity contribution in [1.29, 1.82) is 0 Å². The minimum Gasteiger partial charge on any atom is -0.459 e. The Balaban J connectivity index is 1.49. The van der Waals surface area contributed by atoms with Crippen molar-refractivity contribution >= 4 is 11.8 Å². The molecule has 2 aromatic rings. The molecule has 1 aromatic heterocycles. The van der Waals surface area contributed by atoms with Gasteiger partial charge >= 0.3 is 0 Å². The van der Waals surface area contributed by atoms with Gasteiger partial charge in [-0.3, -0.25) is 14.5 Å². The first-order valence-electron chi connectivity index (χ1n) is 9.41. The molecule has 2 N–H and O–H groups in total. The predicted molar refractivity (Wildman–Crippen MR) is 103 cm³/mol. The quantitative estimate of drug-likeness (QED) is 0.712. The van der Waals surface area contributed by atoms with Crippen LogP contribution < -0.4 is 10.6 Å². The van der Waals surface area contributed by atoms with Crippen LogP contribution in [0.2, 0.25) is 0 Å². The Hall–Kier alpha value is -2.60. The number of carbonyl (C=O) groups excluding carboxylic acids is 2. The third-order valence-corrected chi connectivity index (χ3v) is 4.98. The SMILES string of the molecule is C[C@H](NC(=O)c1ccco1)C(=O)NC[C@@H](C1CC1)N(C)Cc1ccccc1. The molecule has 0 spiro atoms. The van der Waals surface area contributed by atoms with Crippen molar-refractivity contribution in [3.63, 3.8) is 0 Å². The smallest absolute Gasteiger partial charge is 0.287 e. The number of benzene rings is 1. The molecule has 1 aliphatic carbocycles. The summed E-state index contributed by atoms with van der Waals surface area (Å²) in [5.74, 6) is 0.247. The highest BCUT2D eigenvalue weighted by Crippen LogP contribution is 2.35. The van der Waals surface area contributed by atoms with Gasteiger partial charge in [0.1, 0.15) is 6.04 Å². The van der Waals surface area contributed by atoms with Crippen molar-refractivity contribution in [3.8, 4) is 0 Å². The Bertz CT molecular complexity index is 741. The number of likely N-dealkylation sites (N-methyl/N-ethyl adjacent to an activating group) is 1. The van der Waals surface area contributed by atoms with Crippen molar-refractivity contribution < 1.29 is 14.0 Å². The summed E-state index contributed by atoms with van der Waals surface area (Å²) in [6.07, 6.45) is 3.83. The molecule has 2 amide bonds. The van der Waals surface area contributed by atoms with E-state index in [1.165, 1.54) is 24.7 Å². The Morgan fingerprint density at radius 2 is 1.93 bits per heavy atom. The van der Waals surface area contributed by atoms with Gasteiger partial charge in [0, 0.05) is 19.1 Å². The van der Waals surface area contributed by atoms with Gasteiger partial charge in [0.25, 0.3) is 5.91 Å². The van der Waals surface area contributed by atoms with Crippen LogP contribution in [-0.4, -0.2) is 42.4 Å². The summed E-state index contributed by atoms with van der Waals surface area (Å²) in [7, 11) is 2.10. The zero-order chi connectivity index (χ0) is 19.2. The molecule has 6 heteroatoms. The average molecular weight is 369 g/mol. The van der Waals surface area contributed by atoms with E-state index in [2.05, 4.69) is 34.7 Å². The fraction of sp³-hybridized carbons (Fsp3) is 0.429. The van der Waals surface area contributed by atoms with Gasteiger partial charge in [0.2, 0.25) is 5.91 Å². The fourth-order valence-electron chi connectivity index (χ4n) is 3.25. The van der Waals surface area contributed by atoms with Gasteiger partial charge in [0.05, 0.1) is 6.26 Å². The van der Waals surface area contributed by atoms with Gasteiger partial charge in [-0.25, -0.2) is 0 Å². The molecule has 2 atom stereocenters. The zero-order valence-corrected chi connectivity index (χ0v) is 15.9. The summed E-state index contributed by atoms with van der Waals surface area (Å²) < 4.78 is 5.05. The Morgan fingerprint density at radius 1 is 1.19 bits per heavy atom. The highest BCUT2D eigenvalue weighted by atomic mass is 16.3. The number of nitrogens with zero attached hydrogens (tertiary/aromatic N) is 1. The maximum absolute atomic E-state index is 12.4. The first-order chi connectivity index (χ1) is 13.0. The minimum atomic E-state index is -0.623. The first-order valence-corrected chi connectivity index (χ1v) is 9.41. The van der Waals surface area contributed by atoms with E-state index in [1.54, 1.807) is 19.1 Å². The second kappa shape index (κ2) is 8.86. The Morgan fingerprint density at radius 3 is 2.56 bits per heavy atom. The fourth-order valence-corrected chi connectivity index (χ4v) is 3.25. The largest absolute Gasteiger partial charge is 0.459 e. The summed E-state index contributed by atoms with van der Waals surface area (Å²) in [6.45, 7) is 3.10. The van der Waals surface area contributed by atoms with Gasteiger partial charge in [-0.05, 0) is 50.4 Å². The van der Waals surface area contributed by atoms with Crippen molar-refractivity contribution in [2.45, 2.75) is 38.4 Å². The molecule has 0 radical (unpaired) electrons. The van der Waals surface area contributed by atoms with E-state index < -0.39 is 6.04 Å². The predicted octanol–water partition coefficient (Wildman–Crippen LogP) is 2.42. The standard InChI is InChI=1S/C21H27N3O3/c1-15(23-21(26)19-9-6-12-27-19)20(25)22-13-18(17-10-11-17)24(2)14-16-7-4-3-5-8-16/h3-9,12,15,17-18H,10-11,13-14H2,1-2H3,(H,22,25)(H,23,26)/t15-,18-/m0/s1. The lowest BCUT2D eigenvalue weighted by Crippen LogP contribution is -2.49. The number of furan rings is 1. The first kappa shape index (κ1) is 19.2. The number of carbonyl (C=O) groups is 2. The van der Waals surface area contributed by atoms with Crippen LogP contribution in [0.4, 0.5) is 0 Å². The third kappa shape index (κ3) is 5.44. The summed E-state index contributed by atoms with van der Waals surface area (Å²) in [6, 6.07) is 13.2. The number of rotatable bonds is 9. The highest BCUT2D eigenvalue weighted by molar-refractivity contribution is 5.95. The van der Waals surface area contributed by atoms with Gasteiger partial charge in [-0.1, -0.05) is 30.3 Å². The highest BCUT2D eigenvalue weighted by Gasteiger charge is 2.34. The van der Waals surface area contributed by atoms with E-state index in [4.69, 9.17) is 4.42 Å². The molecule has 27 heavy (non-hydrogen) atoms. The van der Waals surface area contributed by atoms with Crippen molar-refractivity contribution in [1.82, 2.24) is 15.5 Å².